The Balaban J connectivity index is 2.81. The van der Waals surface area contributed by atoms with E-state index in [1.807, 2.05) is 19.1 Å². The fourth-order valence-corrected chi connectivity index (χ4v) is 1.75. The molecule has 5 heteroatoms. The van der Waals surface area contributed by atoms with Crippen LogP contribution in [0.1, 0.15) is 13.3 Å². The third kappa shape index (κ3) is 3.79. The molecular formula is C11H13Br2NO2. The molecule has 0 saturated heterocycles. The van der Waals surface area contributed by atoms with Crippen LogP contribution < -0.4 is 10.1 Å². The highest BCUT2D eigenvalue weighted by Gasteiger charge is 2.12. The summed E-state index contributed by atoms with van der Waals surface area (Å²) in [6.45, 7) is 1.94. The number of halogens is 2. The monoisotopic (exact) mass is 349 g/mol. The second kappa shape index (κ2) is 6.25. The van der Waals surface area contributed by atoms with Crippen molar-refractivity contribution in [1.82, 2.24) is 0 Å². The van der Waals surface area contributed by atoms with Crippen molar-refractivity contribution < 1.29 is 9.53 Å². The van der Waals surface area contributed by atoms with Crippen molar-refractivity contribution in [3.63, 3.8) is 0 Å². The minimum atomic E-state index is -0.169. The van der Waals surface area contributed by atoms with Gasteiger partial charge in [-0.05, 0) is 18.6 Å². The van der Waals surface area contributed by atoms with E-state index < -0.39 is 0 Å². The molecule has 1 atom stereocenters. The van der Waals surface area contributed by atoms with Crippen molar-refractivity contribution in [2.45, 2.75) is 18.2 Å². The van der Waals surface area contributed by atoms with E-state index in [2.05, 4.69) is 37.2 Å². The first-order valence-corrected chi connectivity index (χ1v) is 6.57. The lowest BCUT2D eigenvalue weighted by atomic mass is 10.2. The van der Waals surface area contributed by atoms with E-state index in [9.17, 15) is 4.79 Å². The lowest BCUT2D eigenvalue weighted by Crippen LogP contribution is -2.21. The number of amides is 1. The molecule has 1 aromatic carbocycles. The van der Waals surface area contributed by atoms with E-state index in [1.165, 1.54) is 0 Å². The Morgan fingerprint density at radius 1 is 1.50 bits per heavy atom. The molecule has 0 aliphatic heterocycles. The summed E-state index contributed by atoms with van der Waals surface area (Å²) in [5.74, 6) is 0.648. The van der Waals surface area contributed by atoms with Gasteiger partial charge in [0.05, 0.1) is 11.9 Å². The molecule has 1 rings (SSSR count). The van der Waals surface area contributed by atoms with E-state index in [0.29, 0.717) is 11.4 Å². The smallest absolute Gasteiger partial charge is 0.238 e. The molecule has 0 saturated carbocycles. The number of anilines is 1. The molecule has 88 valence electrons. The van der Waals surface area contributed by atoms with E-state index in [-0.39, 0.29) is 10.7 Å². The zero-order chi connectivity index (χ0) is 12.1. The summed E-state index contributed by atoms with van der Waals surface area (Å²) in [5.41, 5.74) is 0.717. The highest BCUT2D eigenvalue weighted by molar-refractivity contribution is 9.10. The Morgan fingerprint density at radius 2 is 2.19 bits per heavy atom. The number of rotatable bonds is 4. The van der Waals surface area contributed by atoms with Crippen molar-refractivity contribution in [2.75, 3.05) is 12.4 Å². The lowest BCUT2D eigenvalue weighted by molar-refractivity contribution is -0.115. The van der Waals surface area contributed by atoms with Gasteiger partial charge in [-0.3, -0.25) is 4.79 Å². The highest BCUT2D eigenvalue weighted by Crippen LogP contribution is 2.25. The molecule has 0 aliphatic rings. The number of alkyl halides is 1. The Hall–Kier alpha value is -0.550. The summed E-state index contributed by atoms with van der Waals surface area (Å²) >= 11 is 6.65. The molecule has 1 N–H and O–H groups in total. The van der Waals surface area contributed by atoms with Gasteiger partial charge in [-0.2, -0.15) is 0 Å². The van der Waals surface area contributed by atoms with E-state index in [1.54, 1.807) is 13.2 Å². The third-order valence-corrected chi connectivity index (χ3v) is 3.54. The average molecular weight is 351 g/mol. The topological polar surface area (TPSA) is 38.3 Å². The van der Waals surface area contributed by atoms with Gasteiger partial charge in [0.2, 0.25) is 5.91 Å². The second-order valence-electron chi connectivity index (χ2n) is 3.24. The molecule has 0 aromatic heterocycles. The third-order valence-electron chi connectivity index (χ3n) is 2.02. The Morgan fingerprint density at radius 3 is 2.75 bits per heavy atom. The fraction of sp³-hybridized carbons (Fsp3) is 0.364. The predicted octanol–water partition coefficient (Wildman–Crippen LogP) is 3.57. The van der Waals surface area contributed by atoms with Crippen LogP contribution in [0.5, 0.6) is 5.75 Å². The average Bonchev–Trinajstić information content (AvgIpc) is 2.26. The van der Waals surface area contributed by atoms with Gasteiger partial charge in [0, 0.05) is 16.2 Å². The maximum Gasteiger partial charge on any atom is 0.238 e. The van der Waals surface area contributed by atoms with Gasteiger partial charge in [0.15, 0.2) is 0 Å². The van der Waals surface area contributed by atoms with Gasteiger partial charge >= 0.3 is 0 Å². The highest BCUT2D eigenvalue weighted by atomic mass is 79.9. The van der Waals surface area contributed by atoms with Crippen molar-refractivity contribution in [3.8, 4) is 5.75 Å². The van der Waals surface area contributed by atoms with Crippen molar-refractivity contribution in [3.05, 3.63) is 22.7 Å². The molecular weight excluding hydrogens is 338 g/mol. The molecule has 0 bridgehead atoms. The number of carbonyl (C=O) groups is 1. The van der Waals surface area contributed by atoms with E-state index in [4.69, 9.17) is 4.74 Å². The molecule has 0 radical (unpaired) electrons. The van der Waals surface area contributed by atoms with Crippen LogP contribution in [0.15, 0.2) is 22.7 Å². The summed E-state index contributed by atoms with van der Waals surface area (Å²) in [6.07, 6.45) is 0.747. The van der Waals surface area contributed by atoms with Gasteiger partial charge in [0.25, 0.3) is 0 Å². The zero-order valence-corrected chi connectivity index (χ0v) is 12.3. The molecule has 1 aromatic rings. The maximum atomic E-state index is 11.6. The van der Waals surface area contributed by atoms with Crippen LogP contribution in [0.25, 0.3) is 0 Å². The largest absolute Gasteiger partial charge is 0.497 e. The quantitative estimate of drug-likeness (QED) is 0.843. The van der Waals surface area contributed by atoms with Crippen molar-refractivity contribution in [1.29, 1.82) is 0 Å². The Bertz CT molecular complexity index is 382. The second-order valence-corrected chi connectivity index (χ2v) is 5.27. The molecule has 0 fully saturated rings. The summed E-state index contributed by atoms with van der Waals surface area (Å²) in [6, 6.07) is 5.44. The SMILES string of the molecule is CCC(Br)C(=O)Nc1cc(Br)cc(OC)c1. The number of carbonyl (C=O) groups excluding carboxylic acids is 1. The fourth-order valence-electron chi connectivity index (χ4n) is 1.16. The molecule has 0 spiro atoms. The predicted molar refractivity (Wildman–Crippen MR) is 72.3 cm³/mol. The van der Waals surface area contributed by atoms with E-state index in [0.717, 1.165) is 10.9 Å². The van der Waals surface area contributed by atoms with Gasteiger partial charge in [-0.15, -0.1) is 0 Å². The Kier molecular flexibility index (Phi) is 5.28. The minimum Gasteiger partial charge on any atom is -0.497 e. The first-order chi connectivity index (χ1) is 7.56. The van der Waals surface area contributed by atoms with Crippen LogP contribution in [0.4, 0.5) is 5.69 Å². The lowest BCUT2D eigenvalue weighted by Gasteiger charge is -2.10. The number of ether oxygens (including phenoxy) is 1. The summed E-state index contributed by atoms with van der Waals surface area (Å²) in [7, 11) is 1.59. The molecule has 16 heavy (non-hydrogen) atoms. The van der Waals surface area contributed by atoms with Gasteiger partial charge < -0.3 is 10.1 Å². The van der Waals surface area contributed by atoms with E-state index >= 15 is 0 Å². The minimum absolute atomic E-state index is 0.0531. The number of hydrogen-bond donors (Lipinski definition) is 1. The van der Waals surface area contributed by atoms with Crippen molar-refractivity contribution in [2.24, 2.45) is 0 Å². The van der Waals surface area contributed by atoms with Crippen molar-refractivity contribution >= 4 is 43.5 Å². The zero-order valence-electron chi connectivity index (χ0n) is 9.09. The maximum absolute atomic E-state index is 11.6. The summed E-state index contributed by atoms with van der Waals surface area (Å²) in [4.78, 5) is 11.5. The number of benzene rings is 1. The van der Waals surface area contributed by atoms with Crippen LogP contribution in [0.2, 0.25) is 0 Å². The van der Waals surface area contributed by atoms with Gasteiger partial charge in [-0.25, -0.2) is 0 Å². The van der Waals surface area contributed by atoms with Crippen LogP contribution in [0.3, 0.4) is 0 Å². The molecule has 1 unspecified atom stereocenters. The van der Waals surface area contributed by atoms with Gasteiger partial charge in [0.1, 0.15) is 5.75 Å². The first-order valence-electron chi connectivity index (χ1n) is 4.86. The normalized spacial score (nSPS) is 12.0. The molecule has 3 nitrogen and oxygen atoms in total. The summed E-state index contributed by atoms with van der Waals surface area (Å²) in [5, 5.41) is 2.81. The molecule has 1 amide bonds. The number of nitrogens with one attached hydrogen (secondary N) is 1. The molecule has 0 aliphatic carbocycles. The standard InChI is InChI=1S/C11H13Br2NO2/c1-3-10(13)11(15)14-8-4-7(12)5-9(6-8)16-2/h4-6,10H,3H2,1-2H3,(H,14,15). The van der Waals surface area contributed by atoms with Crippen LogP contribution in [-0.4, -0.2) is 17.8 Å². The number of hydrogen-bond acceptors (Lipinski definition) is 2. The Labute approximate surface area is 112 Å². The number of methoxy groups -OCH3 is 1. The van der Waals surface area contributed by atoms with Gasteiger partial charge in [-0.1, -0.05) is 38.8 Å². The van der Waals surface area contributed by atoms with Crippen LogP contribution >= 0.6 is 31.9 Å². The van der Waals surface area contributed by atoms with Crippen LogP contribution in [-0.2, 0) is 4.79 Å². The molecule has 0 heterocycles. The summed E-state index contributed by atoms with van der Waals surface area (Å²) < 4.78 is 5.98. The van der Waals surface area contributed by atoms with Crippen LogP contribution in [0, 0.1) is 0 Å². The first kappa shape index (κ1) is 13.5.